The molecule has 0 unspecified atom stereocenters. The number of ether oxygens (including phenoxy) is 1. The summed E-state index contributed by atoms with van der Waals surface area (Å²) in [5.74, 6) is 0.577. The highest BCUT2D eigenvalue weighted by molar-refractivity contribution is 9.10. The van der Waals surface area contributed by atoms with Gasteiger partial charge in [-0.3, -0.25) is 4.79 Å². The molecule has 1 aromatic carbocycles. The molecule has 19 heavy (non-hydrogen) atoms. The Morgan fingerprint density at radius 1 is 1.53 bits per heavy atom. The van der Waals surface area contributed by atoms with Crippen LogP contribution in [0.15, 0.2) is 22.7 Å². The molecule has 0 aromatic heterocycles. The summed E-state index contributed by atoms with van der Waals surface area (Å²) in [5, 5.41) is 0. The number of carbonyl (C=O) groups is 1. The maximum atomic E-state index is 12.4. The average Bonchev–Trinajstić information content (AvgIpc) is 2.34. The van der Waals surface area contributed by atoms with E-state index in [0.717, 1.165) is 4.47 Å². The molecule has 0 radical (unpaired) electrons. The lowest BCUT2D eigenvalue weighted by atomic mass is 10.1. The maximum Gasteiger partial charge on any atom is 0.254 e. The van der Waals surface area contributed by atoms with Gasteiger partial charge in [0.2, 0.25) is 0 Å². The molecule has 4 nitrogen and oxygen atoms in total. The molecule has 0 spiro atoms. The molecule has 0 aliphatic rings. The van der Waals surface area contributed by atoms with Crippen molar-refractivity contribution < 1.29 is 9.53 Å². The number of carbonyl (C=O) groups excluding carboxylic acids is 1. The fraction of sp³-hybridized carbons (Fsp3) is 0.385. The smallest absolute Gasteiger partial charge is 0.254 e. The Hall–Kier alpha value is -1.14. The van der Waals surface area contributed by atoms with Crippen molar-refractivity contribution in [2.24, 2.45) is 5.73 Å². The quantitative estimate of drug-likeness (QED) is 0.834. The summed E-state index contributed by atoms with van der Waals surface area (Å²) in [6, 6.07) is 5.22. The van der Waals surface area contributed by atoms with Crippen LogP contribution in [0.2, 0.25) is 0 Å². The Bertz CT molecular complexity index is 492. The molecule has 0 bridgehead atoms. The molecule has 0 saturated carbocycles. The number of thiocarbonyl (C=S) groups is 1. The van der Waals surface area contributed by atoms with E-state index in [0.29, 0.717) is 16.3 Å². The standard InChI is InChI=1S/C13H17BrN2O2S/c1-8(2)16(7-12(15)19)13(17)9-4-5-11(18-3)10(14)6-9/h4-6,8H,7H2,1-3H3,(H2,15,19). The molecule has 0 aliphatic heterocycles. The maximum absolute atomic E-state index is 12.4. The minimum atomic E-state index is -0.105. The van der Waals surface area contributed by atoms with Gasteiger partial charge in [-0.25, -0.2) is 0 Å². The summed E-state index contributed by atoms with van der Waals surface area (Å²) >= 11 is 8.25. The van der Waals surface area contributed by atoms with E-state index in [2.05, 4.69) is 15.9 Å². The van der Waals surface area contributed by atoms with Crippen LogP contribution in [-0.4, -0.2) is 35.5 Å². The van der Waals surface area contributed by atoms with Crippen molar-refractivity contribution in [2.45, 2.75) is 19.9 Å². The van der Waals surface area contributed by atoms with Crippen LogP contribution in [0.4, 0.5) is 0 Å². The number of hydrogen-bond acceptors (Lipinski definition) is 3. The molecular weight excluding hydrogens is 328 g/mol. The minimum absolute atomic E-state index is 0.0230. The SMILES string of the molecule is COc1ccc(C(=O)N(CC(N)=S)C(C)C)cc1Br. The number of nitrogens with zero attached hydrogens (tertiary/aromatic N) is 1. The van der Waals surface area contributed by atoms with Gasteiger partial charge < -0.3 is 15.4 Å². The third-order valence-electron chi connectivity index (χ3n) is 2.61. The van der Waals surface area contributed by atoms with Crippen molar-refractivity contribution >= 4 is 39.0 Å². The summed E-state index contributed by atoms with van der Waals surface area (Å²) in [6.45, 7) is 4.12. The molecule has 6 heteroatoms. The van der Waals surface area contributed by atoms with Crippen LogP contribution in [-0.2, 0) is 0 Å². The number of benzene rings is 1. The third-order valence-corrected chi connectivity index (χ3v) is 3.36. The van der Waals surface area contributed by atoms with Crippen molar-refractivity contribution in [1.82, 2.24) is 4.90 Å². The van der Waals surface area contributed by atoms with Gasteiger partial charge in [0.1, 0.15) is 5.75 Å². The lowest BCUT2D eigenvalue weighted by Crippen LogP contribution is -2.42. The van der Waals surface area contributed by atoms with Gasteiger partial charge in [0.15, 0.2) is 0 Å². The molecule has 0 aliphatic carbocycles. The first kappa shape index (κ1) is 15.9. The summed E-state index contributed by atoms with van der Waals surface area (Å²) in [4.78, 5) is 14.4. The molecular formula is C13H17BrN2O2S. The van der Waals surface area contributed by atoms with E-state index < -0.39 is 0 Å². The predicted octanol–water partition coefficient (Wildman–Crippen LogP) is 2.59. The summed E-state index contributed by atoms with van der Waals surface area (Å²) in [7, 11) is 1.58. The number of nitrogens with two attached hydrogens (primary N) is 1. The van der Waals surface area contributed by atoms with Gasteiger partial charge in [-0.15, -0.1) is 0 Å². The van der Waals surface area contributed by atoms with E-state index in [4.69, 9.17) is 22.7 Å². The summed E-state index contributed by atoms with van der Waals surface area (Å²) < 4.78 is 5.88. The zero-order valence-electron chi connectivity index (χ0n) is 11.1. The number of halogens is 1. The summed E-state index contributed by atoms with van der Waals surface area (Å²) in [6.07, 6.45) is 0. The first-order valence-electron chi connectivity index (χ1n) is 5.79. The number of rotatable bonds is 5. The minimum Gasteiger partial charge on any atom is -0.496 e. The van der Waals surface area contributed by atoms with Crippen molar-refractivity contribution in [2.75, 3.05) is 13.7 Å². The van der Waals surface area contributed by atoms with Crippen molar-refractivity contribution in [3.8, 4) is 5.75 Å². The van der Waals surface area contributed by atoms with E-state index in [1.54, 1.807) is 30.2 Å². The molecule has 1 rings (SSSR count). The Kier molecular flexibility index (Phi) is 5.75. The molecule has 0 fully saturated rings. The van der Waals surface area contributed by atoms with Gasteiger partial charge >= 0.3 is 0 Å². The molecule has 2 N–H and O–H groups in total. The molecule has 0 saturated heterocycles. The van der Waals surface area contributed by atoms with Crippen LogP contribution in [0.5, 0.6) is 5.75 Å². The van der Waals surface area contributed by atoms with Gasteiger partial charge in [-0.1, -0.05) is 12.2 Å². The van der Waals surface area contributed by atoms with E-state index >= 15 is 0 Å². The van der Waals surface area contributed by atoms with E-state index in [1.807, 2.05) is 13.8 Å². The first-order valence-corrected chi connectivity index (χ1v) is 6.99. The zero-order valence-corrected chi connectivity index (χ0v) is 13.5. The number of amides is 1. The van der Waals surface area contributed by atoms with Gasteiger partial charge in [0.05, 0.1) is 23.1 Å². The van der Waals surface area contributed by atoms with Gasteiger partial charge in [-0.05, 0) is 48.0 Å². The van der Waals surface area contributed by atoms with E-state index in [1.165, 1.54) is 0 Å². The molecule has 1 aromatic rings. The van der Waals surface area contributed by atoms with E-state index in [9.17, 15) is 4.79 Å². The Labute approximate surface area is 127 Å². The van der Waals surface area contributed by atoms with Gasteiger partial charge in [0.25, 0.3) is 5.91 Å². The zero-order chi connectivity index (χ0) is 14.6. The Morgan fingerprint density at radius 2 is 2.16 bits per heavy atom. The fourth-order valence-corrected chi connectivity index (χ4v) is 2.30. The largest absolute Gasteiger partial charge is 0.496 e. The lowest BCUT2D eigenvalue weighted by Gasteiger charge is -2.26. The highest BCUT2D eigenvalue weighted by Gasteiger charge is 2.20. The second-order valence-corrected chi connectivity index (χ2v) is 5.72. The highest BCUT2D eigenvalue weighted by atomic mass is 79.9. The Morgan fingerprint density at radius 3 is 2.58 bits per heavy atom. The lowest BCUT2D eigenvalue weighted by molar-refractivity contribution is 0.0736. The summed E-state index contributed by atoms with van der Waals surface area (Å²) in [5.41, 5.74) is 6.10. The van der Waals surface area contributed by atoms with Crippen LogP contribution in [0, 0.1) is 0 Å². The van der Waals surface area contributed by atoms with Crippen LogP contribution in [0.25, 0.3) is 0 Å². The van der Waals surface area contributed by atoms with Gasteiger partial charge in [-0.2, -0.15) is 0 Å². The second-order valence-electron chi connectivity index (χ2n) is 4.34. The normalized spacial score (nSPS) is 10.4. The van der Waals surface area contributed by atoms with Crippen LogP contribution < -0.4 is 10.5 Å². The molecule has 0 heterocycles. The van der Waals surface area contributed by atoms with Crippen LogP contribution >= 0.6 is 28.1 Å². The Balaban J connectivity index is 3.03. The monoisotopic (exact) mass is 344 g/mol. The number of hydrogen-bond donors (Lipinski definition) is 1. The predicted molar refractivity (Wildman–Crippen MR) is 83.7 cm³/mol. The number of methoxy groups -OCH3 is 1. The first-order chi connectivity index (χ1) is 8.86. The van der Waals surface area contributed by atoms with Crippen molar-refractivity contribution in [3.63, 3.8) is 0 Å². The van der Waals surface area contributed by atoms with Crippen molar-refractivity contribution in [3.05, 3.63) is 28.2 Å². The highest BCUT2D eigenvalue weighted by Crippen LogP contribution is 2.26. The molecule has 104 valence electrons. The van der Waals surface area contributed by atoms with E-state index in [-0.39, 0.29) is 18.5 Å². The van der Waals surface area contributed by atoms with Crippen LogP contribution in [0.1, 0.15) is 24.2 Å². The average molecular weight is 345 g/mol. The molecule has 0 atom stereocenters. The fourth-order valence-electron chi connectivity index (χ4n) is 1.62. The van der Waals surface area contributed by atoms with Crippen molar-refractivity contribution in [1.29, 1.82) is 0 Å². The van der Waals surface area contributed by atoms with Gasteiger partial charge in [0, 0.05) is 11.6 Å². The topological polar surface area (TPSA) is 55.6 Å². The second kappa shape index (κ2) is 6.86. The molecule has 1 amide bonds. The third kappa shape index (κ3) is 4.18. The van der Waals surface area contributed by atoms with Crippen LogP contribution in [0.3, 0.4) is 0 Å².